The molecule has 6 heteroatoms. The molecule has 1 aliphatic heterocycles. The van der Waals surface area contributed by atoms with Gasteiger partial charge in [0.05, 0.1) is 18.8 Å². The average Bonchev–Trinajstić information content (AvgIpc) is 2.59. The van der Waals surface area contributed by atoms with Crippen molar-refractivity contribution in [3.8, 4) is 0 Å². The van der Waals surface area contributed by atoms with Crippen LogP contribution < -0.4 is 0 Å². The number of aliphatic hydroxyl groups excluding tert-OH is 2. The van der Waals surface area contributed by atoms with Crippen LogP contribution >= 0.6 is 0 Å². The molecule has 0 aromatic carbocycles. The normalized spacial score (nSPS) is 20.7. The molecule has 0 bridgehead atoms. The van der Waals surface area contributed by atoms with E-state index in [4.69, 9.17) is 0 Å². The number of imide groups is 1. The molecule has 26 heavy (non-hydrogen) atoms. The molecule has 1 heterocycles. The molecule has 1 aliphatic rings. The van der Waals surface area contributed by atoms with Crippen LogP contribution in [-0.4, -0.2) is 62.8 Å². The van der Waals surface area contributed by atoms with Gasteiger partial charge in [-0.25, -0.2) is 4.79 Å². The summed E-state index contributed by atoms with van der Waals surface area (Å²) in [7, 11) is 0. The third kappa shape index (κ3) is 5.68. The van der Waals surface area contributed by atoms with Crippen molar-refractivity contribution in [1.82, 2.24) is 9.80 Å². The molecule has 2 N–H and O–H groups in total. The second kappa shape index (κ2) is 7.85. The zero-order chi connectivity index (χ0) is 20.5. The van der Waals surface area contributed by atoms with Gasteiger partial charge in [-0.1, -0.05) is 48.0 Å². The van der Waals surface area contributed by atoms with Gasteiger partial charge >= 0.3 is 6.03 Å². The van der Waals surface area contributed by atoms with Crippen molar-refractivity contribution >= 4 is 11.9 Å². The maximum atomic E-state index is 12.8. The Morgan fingerprint density at radius 3 is 1.92 bits per heavy atom. The van der Waals surface area contributed by atoms with Crippen molar-refractivity contribution in [2.45, 2.75) is 92.4 Å². The lowest BCUT2D eigenvalue weighted by atomic mass is 9.84. The van der Waals surface area contributed by atoms with E-state index in [9.17, 15) is 19.8 Å². The van der Waals surface area contributed by atoms with E-state index < -0.39 is 23.8 Å². The van der Waals surface area contributed by atoms with Crippen LogP contribution in [0.2, 0.25) is 0 Å². The first kappa shape index (κ1) is 22.9. The minimum atomic E-state index is -1.02. The number of carbonyl (C=O) groups excluding carboxylic acids is 2. The summed E-state index contributed by atoms with van der Waals surface area (Å²) in [6.45, 7) is 15.7. The quantitative estimate of drug-likeness (QED) is 0.644. The summed E-state index contributed by atoms with van der Waals surface area (Å²) in [5.74, 6) is -0.322. The highest BCUT2D eigenvalue weighted by Gasteiger charge is 2.52. The summed E-state index contributed by atoms with van der Waals surface area (Å²) in [5.41, 5.74) is -1.14. The highest BCUT2D eigenvalue weighted by molar-refractivity contribution is 6.06. The number of urea groups is 1. The van der Waals surface area contributed by atoms with Gasteiger partial charge in [-0.05, 0) is 37.5 Å². The first-order valence-corrected chi connectivity index (χ1v) is 9.60. The summed E-state index contributed by atoms with van der Waals surface area (Å²) < 4.78 is 0. The zero-order valence-corrected chi connectivity index (χ0v) is 17.8. The third-order valence-electron chi connectivity index (χ3n) is 5.29. The molecule has 0 aromatic heterocycles. The minimum Gasteiger partial charge on any atom is -0.391 e. The van der Waals surface area contributed by atoms with E-state index in [2.05, 4.69) is 20.8 Å². The van der Waals surface area contributed by atoms with Gasteiger partial charge in [0.15, 0.2) is 0 Å². The summed E-state index contributed by atoms with van der Waals surface area (Å²) >= 11 is 0. The van der Waals surface area contributed by atoms with Crippen LogP contribution in [0.3, 0.4) is 0 Å². The number of aliphatic hydroxyl groups is 2. The smallest absolute Gasteiger partial charge is 0.327 e. The van der Waals surface area contributed by atoms with Crippen molar-refractivity contribution in [3.05, 3.63) is 0 Å². The first-order valence-electron chi connectivity index (χ1n) is 9.60. The van der Waals surface area contributed by atoms with Gasteiger partial charge in [0, 0.05) is 6.54 Å². The number of hydrogen-bond acceptors (Lipinski definition) is 4. The molecule has 1 fully saturated rings. The first-order chi connectivity index (χ1) is 11.6. The molecule has 6 nitrogen and oxygen atoms in total. The Kier molecular flexibility index (Phi) is 6.91. The van der Waals surface area contributed by atoms with Crippen LogP contribution in [0.25, 0.3) is 0 Å². The highest BCUT2D eigenvalue weighted by Crippen LogP contribution is 2.32. The van der Waals surface area contributed by atoms with Gasteiger partial charge in [-0.3, -0.25) is 9.69 Å². The molecule has 1 rings (SSSR count). The molecule has 0 aromatic rings. The van der Waals surface area contributed by atoms with E-state index in [0.29, 0.717) is 12.8 Å². The number of β-amino-alcohol motifs (C(OH)–C–C–N with tert-alkyl or cyclic N) is 2. The Hall–Kier alpha value is -1.14. The summed E-state index contributed by atoms with van der Waals surface area (Å²) in [6.07, 6.45) is 0.524. The Balaban J connectivity index is 2.86. The van der Waals surface area contributed by atoms with E-state index >= 15 is 0 Å². The lowest BCUT2D eigenvalue weighted by Crippen LogP contribution is -2.48. The molecule has 1 saturated heterocycles. The number of carbonyl (C=O) groups is 2. The van der Waals surface area contributed by atoms with E-state index in [1.54, 1.807) is 13.8 Å². The minimum absolute atomic E-state index is 0.00852. The average molecular weight is 371 g/mol. The largest absolute Gasteiger partial charge is 0.391 e. The van der Waals surface area contributed by atoms with E-state index in [1.807, 2.05) is 20.8 Å². The summed E-state index contributed by atoms with van der Waals surface area (Å²) in [4.78, 5) is 28.1. The second-order valence-corrected chi connectivity index (χ2v) is 10.2. The van der Waals surface area contributed by atoms with Gasteiger partial charge in [-0.15, -0.1) is 0 Å². The van der Waals surface area contributed by atoms with Crippen LogP contribution in [0.5, 0.6) is 0 Å². The predicted molar refractivity (Wildman–Crippen MR) is 103 cm³/mol. The molecular weight excluding hydrogens is 332 g/mol. The molecular formula is C20H38N2O4. The monoisotopic (exact) mass is 370 g/mol. The fourth-order valence-corrected chi connectivity index (χ4v) is 3.42. The van der Waals surface area contributed by atoms with E-state index in [-0.39, 0.29) is 29.8 Å². The second-order valence-electron chi connectivity index (χ2n) is 10.2. The van der Waals surface area contributed by atoms with E-state index in [1.165, 1.54) is 4.90 Å². The molecule has 2 unspecified atom stereocenters. The maximum Gasteiger partial charge on any atom is 0.327 e. The standard InChI is InChI=1S/C20H38N2O4/c1-9-19(5,6)11-15(24)13-22-17(26)21(16(25)20(22,7)8)12-14(23)10-18(2,3)4/h14-15,23-24H,9-13H2,1-8H3. The Labute approximate surface area is 158 Å². The number of amides is 3. The lowest BCUT2D eigenvalue weighted by Gasteiger charge is -2.32. The van der Waals surface area contributed by atoms with E-state index in [0.717, 1.165) is 11.3 Å². The Morgan fingerprint density at radius 1 is 0.962 bits per heavy atom. The molecule has 0 saturated carbocycles. The summed E-state index contributed by atoms with van der Waals surface area (Å²) in [6, 6.07) is -0.429. The fourth-order valence-electron chi connectivity index (χ4n) is 3.42. The molecule has 0 spiro atoms. The lowest BCUT2D eigenvalue weighted by molar-refractivity contribution is -0.133. The predicted octanol–water partition coefficient (Wildman–Crippen LogP) is 3.01. The van der Waals surface area contributed by atoms with Gasteiger partial charge < -0.3 is 15.1 Å². The van der Waals surface area contributed by atoms with Crippen molar-refractivity contribution in [3.63, 3.8) is 0 Å². The van der Waals surface area contributed by atoms with Crippen LogP contribution in [-0.2, 0) is 4.79 Å². The van der Waals surface area contributed by atoms with Gasteiger partial charge in [0.1, 0.15) is 5.54 Å². The van der Waals surface area contributed by atoms with Crippen LogP contribution in [0.15, 0.2) is 0 Å². The number of hydrogen-bond donors (Lipinski definition) is 2. The Morgan fingerprint density at radius 2 is 1.46 bits per heavy atom. The molecule has 0 aliphatic carbocycles. The van der Waals surface area contributed by atoms with Crippen molar-refractivity contribution in [1.29, 1.82) is 0 Å². The van der Waals surface area contributed by atoms with Gasteiger partial charge in [0.25, 0.3) is 5.91 Å². The Bertz CT molecular complexity index is 522. The molecule has 2 atom stereocenters. The summed E-state index contributed by atoms with van der Waals surface area (Å²) in [5, 5.41) is 20.8. The van der Waals surface area contributed by atoms with Crippen molar-refractivity contribution < 1.29 is 19.8 Å². The highest BCUT2D eigenvalue weighted by atomic mass is 16.3. The van der Waals surface area contributed by atoms with Crippen molar-refractivity contribution in [2.24, 2.45) is 10.8 Å². The van der Waals surface area contributed by atoms with Gasteiger partial charge in [0.2, 0.25) is 0 Å². The molecule has 152 valence electrons. The molecule has 3 amide bonds. The maximum absolute atomic E-state index is 12.8. The zero-order valence-electron chi connectivity index (χ0n) is 17.8. The third-order valence-corrected chi connectivity index (χ3v) is 5.29. The van der Waals surface area contributed by atoms with Crippen molar-refractivity contribution in [2.75, 3.05) is 13.1 Å². The van der Waals surface area contributed by atoms with Crippen LogP contribution in [0.1, 0.15) is 74.7 Å². The van der Waals surface area contributed by atoms with Crippen LogP contribution in [0, 0.1) is 10.8 Å². The van der Waals surface area contributed by atoms with Crippen LogP contribution in [0.4, 0.5) is 4.79 Å². The molecule has 0 radical (unpaired) electrons. The number of nitrogens with zero attached hydrogens (tertiary/aromatic N) is 2. The fraction of sp³-hybridized carbons (Fsp3) is 0.900. The number of rotatable bonds is 8. The topological polar surface area (TPSA) is 81.1 Å². The van der Waals surface area contributed by atoms with Gasteiger partial charge in [-0.2, -0.15) is 0 Å². The SMILES string of the molecule is CCC(C)(C)CC(O)CN1C(=O)N(CC(O)CC(C)(C)C)C(=O)C1(C)C.